The Morgan fingerprint density at radius 3 is 2.89 bits per heavy atom. The van der Waals surface area contributed by atoms with Gasteiger partial charge in [0.25, 0.3) is 5.95 Å². The Labute approximate surface area is 117 Å². The van der Waals surface area contributed by atoms with Gasteiger partial charge in [-0.15, -0.1) is 0 Å². The first kappa shape index (κ1) is 13.8. The Morgan fingerprint density at radius 2 is 2.26 bits per heavy atom. The van der Waals surface area contributed by atoms with Crippen molar-refractivity contribution in [1.29, 1.82) is 0 Å². The second-order valence-electron chi connectivity index (χ2n) is 3.85. The van der Waals surface area contributed by atoms with Crippen LogP contribution in [-0.4, -0.2) is 52.0 Å². The number of nitrogens with one attached hydrogen (secondary N) is 1. The first-order valence-corrected chi connectivity index (χ1v) is 7.48. The quantitative estimate of drug-likeness (QED) is 0.847. The Bertz CT molecular complexity index is 576. The van der Waals surface area contributed by atoms with Crippen LogP contribution in [0.1, 0.15) is 6.92 Å². The van der Waals surface area contributed by atoms with E-state index >= 15 is 0 Å². The summed E-state index contributed by atoms with van der Waals surface area (Å²) in [7, 11) is -0.904. The van der Waals surface area contributed by atoms with E-state index < -0.39 is 10.8 Å². The monoisotopic (exact) mass is 301 g/mol. The highest BCUT2D eigenvalue weighted by Gasteiger charge is 2.10. The molecule has 0 aliphatic rings. The summed E-state index contributed by atoms with van der Waals surface area (Å²) >= 11 is 5.83. The average Bonchev–Trinajstić information content (AvgIpc) is 2.79. The van der Waals surface area contributed by atoms with Crippen LogP contribution in [0.25, 0.3) is 5.95 Å². The lowest BCUT2D eigenvalue weighted by atomic mass is 10.4. The maximum Gasteiger partial charge on any atom is 0.258 e. The first-order valence-electron chi connectivity index (χ1n) is 5.37. The third kappa shape index (κ3) is 3.93. The van der Waals surface area contributed by atoms with Crippen LogP contribution < -0.4 is 5.32 Å². The second kappa shape index (κ2) is 6.02. The predicted octanol–water partition coefficient (Wildman–Crippen LogP) is 0.285. The van der Waals surface area contributed by atoms with E-state index in [4.69, 9.17) is 11.6 Å². The minimum Gasteiger partial charge on any atom is -0.351 e. The number of nitrogens with zero attached hydrogens (tertiary/aromatic N) is 6. The van der Waals surface area contributed by atoms with E-state index in [2.05, 4.69) is 30.4 Å². The normalized spacial score (nSPS) is 14.1. The van der Waals surface area contributed by atoms with Gasteiger partial charge in [-0.1, -0.05) is 0 Å². The first-order chi connectivity index (χ1) is 9.04. The van der Waals surface area contributed by atoms with Crippen molar-refractivity contribution in [3.05, 3.63) is 17.9 Å². The highest BCUT2D eigenvalue weighted by molar-refractivity contribution is 7.84. The second-order valence-corrected chi connectivity index (χ2v) is 5.67. The van der Waals surface area contributed by atoms with Crippen molar-refractivity contribution >= 4 is 28.3 Å². The van der Waals surface area contributed by atoms with Crippen LogP contribution in [0.15, 0.2) is 12.7 Å². The molecule has 2 heterocycles. The van der Waals surface area contributed by atoms with Crippen molar-refractivity contribution in [2.24, 2.45) is 0 Å². The highest BCUT2D eigenvalue weighted by atomic mass is 35.5. The zero-order valence-corrected chi connectivity index (χ0v) is 11.9. The van der Waals surface area contributed by atoms with E-state index in [9.17, 15) is 4.21 Å². The predicted molar refractivity (Wildman–Crippen MR) is 71.8 cm³/mol. The molecule has 0 saturated carbocycles. The molecular weight excluding hydrogens is 290 g/mol. The maximum atomic E-state index is 11.1. The molecule has 8 nitrogen and oxygen atoms in total. The molecule has 2 aromatic heterocycles. The molecule has 0 saturated heterocycles. The summed E-state index contributed by atoms with van der Waals surface area (Å²) in [6.07, 6.45) is 4.47. The molecule has 0 amide bonds. The summed E-state index contributed by atoms with van der Waals surface area (Å²) in [5.74, 6) is 1.07. The lowest BCUT2D eigenvalue weighted by Crippen LogP contribution is -2.24. The Kier molecular flexibility index (Phi) is 4.38. The van der Waals surface area contributed by atoms with Crippen molar-refractivity contribution in [2.45, 2.75) is 13.0 Å². The number of hydrogen-bond donors (Lipinski definition) is 1. The van der Waals surface area contributed by atoms with Gasteiger partial charge in [-0.25, -0.2) is 4.98 Å². The molecule has 0 fully saturated rings. The van der Waals surface area contributed by atoms with Crippen molar-refractivity contribution in [1.82, 2.24) is 29.7 Å². The summed E-state index contributed by atoms with van der Waals surface area (Å²) in [6.45, 7) is 1.88. The molecule has 0 aliphatic carbocycles. The van der Waals surface area contributed by atoms with Crippen LogP contribution in [0.5, 0.6) is 0 Å². The van der Waals surface area contributed by atoms with Gasteiger partial charge in [0.05, 0.1) is 0 Å². The van der Waals surface area contributed by atoms with E-state index in [1.807, 2.05) is 6.92 Å². The molecule has 2 atom stereocenters. The van der Waals surface area contributed by atoms with Gasteiger partial charge in [0, 0.05) is 28.9 Å². The van der Waals surface area contributed by atoms with Crippen LogP contribution in [0, 0.1) is 0 Å². The van der Waals surface area contributed by atoms with Crippen molar-refractivity contribution in [3.63, 3.8) is 0 Å². The number of rotatable bonds is 5. The number of halogens is 1. The van der Waals surface area contributed by atoms with Gasteiger partial charge in [-0.3, -0.25) is 4.21 Å². The summed E-state index contributed by atoms with van der Waals surface area (Å²) in [6, 6.07) is -0.0482. The SMILES string of the molecule is CC(CS(C)=O)Nc1nc(Cl)nc(-n2cncn2)n1. The van der Waals surface area contributed by atoms with Crippen molar-refractivity contribution in [2.75, 3.05) is 17.3 Å². The van der Waals surface area contributed by atoms with Gasteiger partial charge < -0.3 is 5.32 Å². The highest BCUT2D eigenvalue weighted by Crippen LogP contribution is 2.09. The van der Waals surface area contributed by atoms with Gasteiger partial charge in [-0.05, 0) is 18.5 Å². The van der Waals surface area contributed by atoms with Gasteiger partial charge >= 0.3 is 0 Å². The lowest BCUT2D eigenvalue weighted by molar-refractivity contribution is 0.682. The standard InChI is InChI=1S/C9H12ClN7OS/c1-6(3-19(2)18)13-8-14-7(10)15-9(16-8)17-5-11-4-12-17/h4-6H,3H2,1-2H3,(H,13,14,15,16). The maximum absolute atomic E-state index is 11.1. The Morgan fingerprint density at radius 1 is 1.47 bits per heavy atom. The van der Waals surface area contributed by atoms with Gasteiger partial charge in [0.2, 0.25) is 11.2 Å². The van der Waals surface area contributed by atoms with Crippen LogP contribution >= 0.6 is 11.6 Å². The van der Waals surface area contributed by atoms with E-state index in [1.54, 1.807) is 6.26 Å². The average molecular weight is 302 g/mol. The fraction of sp³-hybridized carbons (Fsp3) is 0.444. The zero-order valence-electron chi connectivity index (χ0n) is 10.3. The van der Waals surface area contributed by atoms with Gasteiger partial charge in [0.1, 0.15) is 12.7 Å². The molecule has 0 bridgehead atoms. The minimum atomic E-state index is -0.904. The van der Waals surface area contributed by atoms with E-state index in [0.29, 0.717) is 11.7 Å². The van der Waals surface area contributed by atoms with E-state index in [-0.39, 0.29) is 17.3 Å². The van der Waals surface area contributed by atoms with E-state index in [0.717, 1.165) is 0 Å². The summed E-state index contributed by atoms with van der Waals surface area (Å²) in [5.41, 5.74) is 0. The third-order valence-corrected chi connectivity index (χ3v) is 3.22. The van der Waals surface area contributed by atoms with Gasteiger partial charge in [0.15, 0.2) is 0 Å². The molecule has 19 heavy (non-hydrogen) atoms. The molecule has 0 aromatic carbocycles. The molecular formula is C9H12ClN7OS. The largest absolute Gasteiger partial charge is 0.351 e. The molecule has 2 rings (SSSR count). The molecule has 0 spiro atoms. The van der Waals surface area contributed by atoms with Gasteiger partial charge in [-0.2, -0.15) is 24.7 Å². The lowest BCUT2D eigenvalue weighted by Gasteiger charge is -2.12. The van der Waals surface area contributed by atoms with E-state index in [1.165, 1.54) is 17.3 Å². The molecule has 10 heteroatoms. The number of aromatic nitrogens is 6. The summed E-state index contributed by atoms with van der Waals surface area (Å²) in [4.78, 5) is 15.9. The molecule has 0 aliphatic heterocycles. The van der Waals surface area contributed by atoms with Crippen molar-refractivity contribution < 1.29 is 4.21 Å². The number of anilines is 1. The molecule has 2 unspecified atom stereocenters. The Balaban J connectivity index is 2.20. The topological polar surface area (TPSA) is 98.5 Å². The van der Waals surface area contributed by atoms with Crippen LogP contribution in [0.4, 0.5) is 5.95 Å². The molecule has 0 radical (unpaired) electrons. The Hall–Kier alpha value is -1.61. The molecule has 102 valence electrons. The zero-order chi connectivity index (χ0) is 13.8. The van der Waals surface area contributed by atoms with Crippen LogP contribution in [0.3, 0.4) is 0 Å². The van der Waals surface area contributed by atoms with Crippen LogP contribution in [0.2, 0.25) is 5.28 Å². The van der Waals surface area contributed by atoms with Crippen LogP contribution in [-0.2, 0) is 10.8 Å². The summed E-state index contributed by atoms with van der Waals surface area (Å²) in [5, 5.41) is 6.98. The fourth-order valence-corrected chi connectivity index (χ4v) is 2.38. The molecule has 2 aromatic rings. The fourth-order valence-electron chi connectivity index (χ4n) is 1.43. The van der Waals surface area contributed by atoms with Crippen molar-refractivity contribution in [3.8, 4) is 5.95 Å². The number of hydrogen-bond acceptors (Lipinski definition) is 7. The summed E-state index contributed by atoms with van der Waals surface area (Å²) < 4.78 is 12.5. The molecule has 1 N–H and O–H groups in total. The minimum absolute atomic E-state index is 0.0482. The smallest absolute Gasteiger partial charge is 0.258 e. The third-order valence-electron chi connectivity index (χ3n) is 2.08.